The zero-order chi connectivity index (χ0) is 49.8. The number of anilines is 1. The first kappa shape index (κ1) is 46.4. The van der Waals surface area contributed by atoms with Gasteiger partial charge in [0.05, 0.1) is 24.2 Å². The van der Waals surface area contributed by atoms with E-state index in [0.29, 0.717) is 45.6 Å². The topological polar surface area (TPSA) is 196 Å². The van der Waals surface area contributed by atoms with Gasteiger partial charge in [-0.2, -0.15) is 0 Å². The highest BCUT2D eigenvalue weighted by Gasteiger charge is 2.51. The molecule has 7 amide bonds. The third kappa shape index (κ3) is 7.92. The predicted molar refractivity (Wildman–Crippen MR) is 241 cm³/mol. The van der Waals surface area contributed by atoms with Gasteiger partial charge in [-0.25, -0.2) is 22.5 Å². The number of benzene rings is 3. The number of hydrogen-bond acceptors (Lipinski definition) is 11. The molecule has 1 aliphatic carbocycles. The molecule has 4 fully saturated rings. The van der Waals surface area contributed by atoms with E-state index in [-0.39, 0.29) is 97.0 Å². The minimum Gasteiger partial charge on any atom is -0.487 e. The van der Waals surface area contributed by atoms with Crippen molar-refractivity contribution < 1.29 is 55.9 Å². The number of para-hydroxylation sites is 1. The summed E-state index contributed by atoms with van der Waals surface area (Å²) in [5.41, 5.74) is -0.0437. The molecule has 1 saturated carbocycles. The van der Waals surface area contributed by atoms with E-state index in [4.69, 9.17) is 4.74 Å². The summed E-state index contributed by atoms with van der Waals surface area (Å²) in [6.07, 6.45) is 4.77. The van der Waals surface area contributed by atoms with Crippen molar-refractivity contribution in [1.82, 2.24) is 39.8 Å². The highest BCUT2D eigenvalue weighted by Crippen LogP contribution is 2.57. The quantitative estimate of drug-likeness (QED) is 0.150. The van der Waals surface area contributed by atoms with Crippen molar-refractivity contribution in [3.63, 3.8) is 0 Å². The van der Waals surface area contributed by atoms with E-state index >= 15 is 17.6 Å². The molecule has 21 heteroatoms. The van der Waals surface area contributed by atoms with E-state index in [2.05, 4.69) is 45.7 Å². The second kappa shape index (κ2) is 17.4. The van der Waals surface area contributed by atoms with Gasteiger partial charge in [-0.15, -0.1) is 0 Å². The molecule has 0 radical (unpaired) electrons. The van der Waals surface area contributed by atoms with E-state index in [0.717, 1.165) is 33.9 Å². The first-order valence-corrected chi connectivity index (χ1v) is 23.8. The van der Waals surface area contributed by atoms with Gasteiger partial charge < -0.3 is 19.1 Å². The van der Waals surface area contributed by atoms with Gasteiger partial charge in [-0.05, 0) is 57.6 Å². The fraction of sp³-hybridized carbons (Fsp3) is 0.440. The molecule has 7 heterocycles. The summed E-state index contributed by atoms with van der Waals surface area (Å²) >= 11 is 0. The number of imidazole rings is 1. The number of nitrogens with one attached hydrogen (secondary N) is 3. The third-order valence-electron chi connectivity index (χ3n) is 15.5. The van der Waals surface area contributed by atoms with Crippen LogP contribution in [0.3, 0.4) is 0 Å². The highest BCUT2D eigenvalue weighted by atomic mass is 19.1. The Balaban J connectivity index is 0.711. The lowest BCUT2D eigenvalue weighted by Crippen LogP contribution is -2.52. The Morgan fingerprint density at radius 2 is 1.37 bits per heavy atom. The maximum absolute atomic E-state index is 16.0. The number of hydrogen-bond donors (Lipinski definition) is 3. The predicted octanol–water partition coefficient (Wildman–Crippen LogP) is 4.44. The van der Waals surface area contributed by atoms with Crippen LogP contribution >= 0.6 is 0 Å². The lowest BCUT2D eigenvalue weighted by molar-refractivity contribution is -0.138. The van der Waals surface area contributed by atoms with Gasteiger partial charge in [0.2, 0.25) is 29.6 Å². The Kier molecular flexibility index (Phi) is 11.4. The molecule has 0 spiro atoms. The Labute approximate surface area is 403 Å². The molecule has 3 saturated heterocycles. The maximum atomic E-state index is 16.0. The molecular weight excluding hydrogens is 931 g/mol. The number of aromatic nitrogens is 2. The van der Waals surface area contributed by atoms with Crippen molar-refractivity contribution in [2.75, 3.05) is 31.5 Å². The Hall–Kier alpha value is -7.00. The van der Waals surface area contributed by atoms with E-state index in [1.165, 1.54) is 11.1 Å². The number of piperidine rings is 2. The molecule has 3 unspecified atom stereocenters. The van der Waals surface area contributed by atoms with Gasteiger partial charge in [-0.1, -0.05) is 18.2 Å². The summed E-state index contributed by atoms with van der Waals surface area (Å²) in [6, 6.07) is 5.93. The summed E-state index contributed by atoms with van der Waals surface area (Å²) in [7, 11) is 0. The Bertz CT molecular complexity index is 3000. The average molecular weight is 980 g/mol. The summed E-state index contributed by atoms with van der Waals surface area (Å²) < 4.78 is 71.5. The van der Waals surface area contributed by atoms with Gasteiger partial charge in [0.1, 0.15) is 52.3 Å². The number of amides is 7. The lowest BCUT2D eigenvalue weighted by Gasteiger charge is -2.44. The van der Waals surface area contributed by atoms with E-state index in [1.54, 1.807) is 10.8 Å². The van der Waals surface area contributed by atoms with Gasteiger partial charge in [0.15, 0.2) is 0 Å². The molecule has 0 bridgehead atoms. The van der Waals surface area contributed by atoms with Gasteiger partial charge in [0.25, 0.3) is 17.7 Å². The fourth-order valence-electron chi connectivity index (χ4n) is 11.9. The fourth-order valence-corrected chi connectivity index (χ4v) is 11.9. The summed E-state index contributed by atoms with van der Waals surface area (Å²) in [5.74, 6) is -7.71. The van der Waals surface area contributed by atoms with Crippen molar-refractivity contribution in [1.29, 1.82) is 0 Å². The monoisotopic (exact) mass is 979 g/mol. The van der Waals surface area contributed by atoms with Crippen LogP contribution in [-0.2, 0) is 45.4 Å². The lowest BCUT2D eigenvalue weighted by atomic mass is 9.65. The molecule has 71 heavy (non-hydrogen) atoms. The van der Waals surface area contributed by atoms with Crippen LogP contribution < -0.4 is 20.7 Å². The number of fused-ring (bicyclic) bond motifs is 3. The first-order chi connectivity index (χ1) is 33.9. The largest absolute Gasteiger partial charge is 0.487 e. The molecule has 11 rings (SSSR count). The second-order valence-corrected chi connectivity index (χ2v) is 20.1. The molecule has 3 aromatic carbocycles. The van der Waals surface area contributed by atoms with Crippen LogP contribution in [0.15, 0.2) is 42.7 Å². The second-order valence-electron chi connectivity index (χ2n) is 20.1. The molecule has 3 atom stereocenters. The van der Waals surface area contributed by atoms with Crippen molar-refractivity contribution in [2.24, 2.45) is 5.92 Å². The Morgan fingerprint density at radius 1 is 0.789 bits per heavy atom. The highest BCUT2D eigenvalue weighted by molar-refractivity contribution is 6.08. The molecule has 17 nitrogen and oxygen atoms in total. The van der Waals surface area contributed by atoms with E-state index < -0.39 is 87.9 Å². The molecular formula is C50H49F4N9O8. The smallest absolute Gasteiger partial charge is 0.263 e. The minimum absolute atomic E-state index is 0.00395. The van der Waals surface area contributed by atoms with Crippen molar-refractivity contribution in [3.05, 3.63) is 111 Å². The molecule has 3 N–H and O–H groups in total. The average Bonchev–Trinajstić information content (AvgIpc) is 4.05. The number of halogens is 4. The Morgan fingerprint density at radius 3 is 1.97 bits per heavy atom. The molecule has 4 aromatic rings. The maximum Gasteiger partial charge on any atom is 0.263 e. The number of ether oxygens (including phenoxy) is 1. The third-order valence-corrected chi connectivity index (χ3v) is 15.5. The zero-order valence-electron chi connectivity index (χ0n) is 38.8. The van der Waals surface area contributed by atoms with Crippen LogP contribution in [0.2, 0.25) is 0 Å². The number of imide groups is 2. The van der Waals surface area contributed by atoms with Crippen LogP contribution in [0.25, 0.3) is 0 Å². The molecule has 1 aromatic heterocycles. The van der Waals surface area contributed by atoms with Crippen molar-refractivity contribution in [3.8, 4) is 5.75 Å². The number of piperazine rings is 1. The van der Waals surface area contributed by atoms with Crippen LogP contribution in [-0.4, -0.2) is 114 Å². The molecule has 7 aliphatic rings. The van der Waals surface area contributed by atoms with Crippen molar-refractivity contribution >= 4 is 47.3 Å². The van der Waals surface area contributed by atoms with Crippen molar-refractivity contribution in [2.45, 2.75) is 108 Å². The minimum atomic E-state index is -1.24. The van der Waals surface area contributed by atoms with Gasteiger partial charge in [0, 0.05) is 104 Å². The van der Waals surface area contributed by atoms with Crippen LogP contribution in [0.1, 0.15) is 123 Å². The number of carbonyl (C=O) groups excluding carboxylic acids is 7. The number of rotatable bonds is 10. The summed E-state index contributed by atoms with van der Waals surface area (Å²) in [4.78, 5) is 99.0. The van der Waals surface area contributed by atoms with E-state index in [9.17, 15) is 33.6 Å². The zero-order valence-corrected chi connectivity index (χ0v) is 38.8. The normalized spacial score (nSPS) is 25.1. The van der Waals surface area contributed by atoms with E-state index in [1.807, 2.05) is 17.0 Å². The van der Waals surface area contributed by atoms with Gasteiger partial charge in [-0.3, -0.25) is 59.3 Å². The SMILES string of the molecule is CC1(C)Oc2c(CN3CCN(Cc4c(F)cc5c(c4F)CN(C4CCC(=O)NC4=O)C5=O)CC3)cccc2C1C1CC(n2ccnc2NC(=O)c2c(F)cc3c(c2F)CN(C2CCC(=O)NC2=O)C3=O)C1. The summed E-state index contributed by atoms with van der Waals surface area (Å²) in [5, 5.41) is 6.95. The summed E-state index contributed by atoms with van der Waals surface area (Å²) in [6.45, 7) is 6.47. The molecule has 6 aliphatic heterocycles. The molecule has 370 valence electrons. The van der Waals surface area contributed by atoms with Crippen LogP contribution in [0.4, 0.5) is 23.5 Å². The number of nitrogens with zero attached hydrogens (tertiary/aromatic N) is 6. The van der Waals surface area contributed by atoms with Crippen LogP contribution in [0.5, 0.6) is 5.75 Å². The van der Waals surface area contributed by atoms with Crippen LogP contribution in [0, 0.1) is 29.2 Å². The standard InChI is InChI=1S/C50H49F4N9O8/c1-50(2)40(25-16-26(17-25)61-11-10-55-49(61)58-46(68)39-34(52)19-29-31(42(39)54)23-63(48(29)70)36-7-9-38(65)57-45(36)67)27-5-3-4-24(43(27)71-50)20-59-12-14-60(15-13-59)21-32-33(51)18-28-30(41(32)53)22-62(47(28)69)35-6-8-37(64)56-44(35)66/h3-5,10-11,18-19,25-26,35-36,40H,6-9,12-17,20-23H2,1-2H3,(H,55,58,68)(H,56,64,66)(H,57,65,67). The van der Waals surface area contributed by atoms with Gasteiger partial charge >= 0.3 is 0 Å². The first-order valence-electron chi connectivity index (χ1n) is 23.8. The number of carbonyl (C=O) groups is 7.